The maximum Gasteiger partial charge on any atom is 0.286 e. The van der Waals surface area contributed by atoms with Gasteiger partial charge in [0.1, 0.15) is 16.5 Å². The monoisotopic (exact) mass is 527 g/mol. The van der Waals surface area contributed by atoms with Crippen LogP contribution in [0.3, 0.4) is 0 Å². The molecule has 2 aliphatic heterocycles. The number of aromatic nitrogens is 1. The largest absolute Gasteiger partial charge is 0.375 e. The maximum absolute atomic E-state index is 14.1. The van der Waals surface area contributed by atoms with Gasteiger partial charge in [-0.15, -0.1) is 15.7 Å². The summed E-state index contributed by atoms with van der Waals surface area (Å²) in [6.45, 7) is 4.27. The number of carbonyl (C=O) groups is 2. The van der Waals surface area contributed by atoms with Crippen molar-refractivity contribution in [2.75, 3.05) is 22.5 Å². The molecule has 1 amide bonds. The number of amidine groups is 1. The van der Waals surface area contributed by atoms with Gasteiger partial charge in [0.2, 0.25) is 5.91 Å². The fraction of sp³-hybridized carbons (Fsp3) is 0.250. The van der Waals surface area contributed by atoms with Crippen LogP contribution in [0.4, 0.5) is 20.9 Å². The molecule has 1 aromatic heterocycles. The van der Waals surface area contributed by atoms with Crippen molar-refractivity contribution in [1.29, 1.82) is 0 Å². The second-order valence-corrected chi connectivity index (χ2v) is 11.5. The molecule has 0 bridgehead atoms. The number of nitrogens with zero attached hydrogens (tertiary/aromatic N) is 3. The van der Waals surface area contributed by atoms with E-state index in [1.807, 2.05) is 13.8 Å². The molecule has 186 valence electrons. The number of hydrogen-bond acceptors (Lipinski definition) is 8. The van der Waals surface area contributed by atoms with Gasteiger partial charge in [0.05, 0.1) is 17.1 Å². The van der Waals surface area contributed by atoms with E-state index in [-0.39, 0.29) is 34.4 Å². The van der Waals surface area contributed by atoms with Gasteiger partial charge < -0.3 is 16.0 Å². The highest BCUT2D eigenvalue weighted by Gasteiger charge is 2.45. The van der Waals surface area contributed by atoms with Crippen molar-refractivity contribution in [2.45, 2.75) is 25.2 Å². The van der Waals surface area contributed by atoms with Crippen LogP contribution in [0.25, 0.3) is 11.3 Å². The Bertz CT molecular complexity index is 1550. The summed E-state index contributed by atoms with van der Waals surface area (Å²) in [6, 6.07) is 8.24. The molecule has 3 heterocycles. The number of carbonyl (C=O) groups excluding carboxylic acids is 2. The zero-order valence-corrected chi connectivity index (χ0v) is 21.0. The summed E-state index contributed by atoms with van der Waals surface area (Å²) in [5.41, 5.74) is 7.21. The van der Waals surface area contributed by atoms with Crippen molar-refractivity contribution < 1.29 is 22.4 Å². The van der Waals surface area contributed by atoms with Crippen molar-refractivity contribution in [3.8, 4) is 11.3 Å². The van der Waals surface area contributed by atoms with Crippen LogP contribution in [0.2, 0.25) is 0 Å². The molecule has 0 saturated heterocycles. The van der Waals surface area contributed by atoms with Crippen LogP contribution in [0.5, 0.6) is 0 Å². The molecule has 2 aliphatic rings. The van der Waals surface area contributed by atoms with Gasteiger partial charge in [-0.05, 0) is 42.7 Å². The summed E-state index contributed by atoms with van der Waals surface area (Å²) in [7, 11) is -4.27. The standard InChI is InChI=1S/C24H22FN5O4S2/c1-12(2)7-8-30-18-6-4-14(25)10-15(18)21(31)20(23(30)32)22-27-16-5-3-13(17-11-35-24(26)28-17)9-19(16)36(33,34)29-22/h3-6,9-12,20H,7-8H2,1-2H3,(H2,26,28)(H,27,29). The molecule has 12 heteroatoms. The second kappa shape index (κ2) is 8.79. The highest BCUT2D eigenvalue weighted by atomic mass is 32.2. The Balaban J connectivity index is 1.56. The van der Waals surface area contributed by atoms with E-state index < -0.39 is 33.4 Å². The summed E-state index contributed by atoms with van der Waals surface area (Å²) in [6.07, 6.45) is 0.633. The number of ketones is 1. The molecule has 0 fully saturated rings. The lowest BCUT2D eigenvalue weighted by atomic mass is 9.88. The third-order valence-electron chi connectivity index (χ3n) is 6.05. The third-order valence-corrected chi connectivity index (χ3v) is 8.06. The smallest absolute Gasteiger partial charge is 0.286 e. The fourth-order valence-corrected chi connectivity index (χ4v) is 5.98. The first-order valence-corrected chi connectivity index (χ1v) is 13.5. The quantitative estimate of drug-likeness (QED) is 0.480. The summed E-state index contributed by atoms with van der Waals surface area (Å²) in [5, 5.41) is 4.91. The number of anilines is 3. The Morgan fingerprint density at radius 2 is 1.97 bits per heavy atom. The van der Waals surface area contributed by atoms with E-state index in [0.29, 0.717) is 28.5 Å². The molecule has 3 aromatic rings. The molecule has 1 unspecified atom stereocenters. The third kappa shape index (κ3) is 4.16. The fourth-order valence-electron chi connectivity index (χ4n) is 4.23. The summed E-state index contributed by atoms with van der Waals surface area (Å²) < 4.78 is 44.2. The molecule has 2 aromatic carbocycles. The summed E-state index contributed by atoms with van der Waals surface area (Å²) >= 11 is 1.23. The number of nitrogen functional groups attached to an aromatic ring is 1. The van der Waals surface area contributed by atoms with Crippen molar-refractivity contribution >= 4 is 55.4 Å². The average molecular weight is 528 g/mol. The lowest BCUT2D eigenvalue weighted by molar-refractivity contribution is -0.119. The number of halogens is 1. The van der Waals surface area contributed by atoms with Gasteiger partial charge in [0.25, 0.3) is 10.0 Å². The molecular weight excluding hydrogens is 505 g/mol. The van der Waals surface area contributed by atoms with Crippen LogP contribution in [0.1, 0.15) is 30.6 Å². The van der Waals surface area contributed by atoms with E-state index in [1.165, 1.54) is 40.5 Å². The minimum atomic E-state index is -4.27. The molecule has 0 radical (unpaired) electrons. The number of amides is 1. The molecular formula is C24H22FN5O4S2. The first kappa shape index (κ1) is 24.1. The molecule has 5 rings (SSSR count). The minimum absolute atomic E-state index is 0.00696. The molecule has 0 spiro atoms. The lowest BCUT2D eigenvalue weighted by Gasteiger charge is -2.35. The van der Waals surface area contributed by atoms with E-state index in [4.69, 9.17) is 5.73 Å². The number of hydrogen-bond donors (Lipinski definition) is 2. The number of fused-ring (bicyclic) bond motifs is 2. The number of nitrogens with two attached hydrogens (primary N) is 1. The zero-order chi connectivity index (χ0) is 25.8. The Hall–Kier alpha value is -3.64. The minimum Gasteiger partial charge on any atom is -0.375 e. The van der Waals surface area contributed by atoms with Crippen molar-refractivity contribution in [3.05, 3.63) is 53.2 Å². The van der Waals surface area contributed by atoms with Crippen LogP contribution in [-0.4, -0.2) is 37.5 Å². The van der Waals surface area contributed by atoms with Crippen molar-refractivity contribution in [2.24, 2.45) is 16.2 Å². The Labute approximate surface area is 210 Å². The van der Waals surface area contributed by atoms with Crippen LogP contribution in [0, 0.1) is 17.7 Å². The molecule has 1 atom stereocenters. The van der Waals surface area contributed by atoms with Crippen molar-refractivity contribution in [3.63, 3.8) is 0 Å². The van der Waals surface area contributed by atoms with Gasteiger partial charge in [-0.25, -0.2) is 9.37 Å². The molecule has 3 N–H and O–H groups in total. The van der Waals surface area contributed by atoms with Gasteiger partial charge >= 0.3 is 0 Å². The van der Waals surface area contributed by atoms with E-state index in [2.05, 4.69) is 14.7 Å². The summed E-state index contributed by atoms with van der Waals surface area (Å²) in [4.78, 5) is 32.4. The topological polar surface area (TPSA) is 135 Å². The van der Waals surface area contributed by atoms with E-state index in [1.54, 1.807) is 11.4 Å². The SMILES string of the molecule is CC(C)CCN1C(=O)C(C2=NS(=O)(=O)c3cc(-c4csc(N)n4)ccc3N2)C(=O)c2cc(F)ccc21. The number of Topliss-reactive ketones (excluding diaryl/α,β-unsaturated/α-hetero) is 1. The van der Waals surface area contributed by atoms with Gasteiger partial charge in [-0.2, -0.15) is 8.42 Å². The molecule has 0 saturated carbocycles. The predicted octanol–water partition coefficient (Wildman–Crippen LogP) is 3.94. The van der Waals surface area contributed by atoms with Crippen molar-refractivity contribution in [1.82, 2.24) is 4.98 Å². The molecule has 0 aliphatic carbocycles. The maximum atomic E-state index is 14.1. The van der Waals surface area contributed by atoms with Gasteiger partial charge in [-0.3, -0.25) is 9.59 Å². The summed E-state index contributed by atoms with van der Waals surface area (Å²) in [5.74, 6) is -3.56. The number of nitrogens with one attached hydrogen (secondary N) is 1. The highest BCUT2D eigenvalue weighted by Crippen LogP contribution is 2.37. The number of rotatable bonds is 5. The number of thiazole rings is 1. The van der Waals surface area contributed by atoms with E-state index >= 15 is 0 Å². The molecule has 36 heavy (non-hydrogen) atoms. The number of sulfonamides is 1. The lowest BCUT2D eigenvalue weighted by Crippen LogP contribution is -2.50. The molecule has 9 nitrogen and oxygen atoms in total. The van der Waals surface area contributed by atoms with Gasteiger partial charge in [-0.1, -0.05) is 19.9 Å². The zero-order valence-electron chi connectivity index (χ0n) is 19.4. The Kier molecular flexibility index (Phi) is 5.87. The first-order chi connectivity index (χ1) is 17.0. The van der Waals surface area contributed by atoms with Crippen LogP contribution < -0.4 is 16.0 Å². The Morgan fingerprint density at radius 3 is 2.67 bits per heavy atom. The Morgan fingerprint density at radius 1 is 1.19 bits per heavy atom. The first-order valence-electron chi connectivity index (χ1n) is 11.2. The van der Waals surface area contributed by atoms with E-state index in [0.717, 1.165) is 6.07 Å². The van der Waals surface area contributed by atoms with Crippen LogP contribution >= 0.6 is 11.3 Å². The normalized spacial score (nSPS) is 18.5. The predicted molar refractivity (Wildman–Crippen MR) is 136 cm³/mol. The van der Waals surface area contributed by atoms with Crippen LogP contribution in [0.15, 0.2) is 51.1 Å². The van der Waals surface area contributed by atoms with Gasteiger partial charge in [0.15, 0.2) is 16.8 Å². The number of benzene rings is 2. The van der Waals surface area contributed by atoms with Gasteiger partial charge in [0, 0.05) is 23.1 Å². The average Bonchev–Trinajstić information content (AvgIpc) is 3.25. The second-order valence-electron chi connectivity index (χ2n) is 8.99. The van der Waals surface area contributed by atoms with Crippen LogP contribution in [-0.2, 0) is 14.8 Å². The highest BCUT2D eigenvalue weighted by molar-refractivity contribution is 7.90. The van der Waals surface area contributed by atoms with E-state index in [9.17, 15) is 22.4 Å².